The molecule has 1 aromatic carbocycles. The van der Waals surface area contributed by atoms with Crippen molar-refractivity contribution < 1.29 is 9.59 Å². The van der Waals surface area contributed by atoms with Crippen molar-refractivity contribution in [3.05, 3.63) is 24.3 Å². The maximum atomic E-state index is 13.6. The van der Waals surface area contributed by atoms with Gasteiger partial charge in [0.2, 0.25) is 5.91 Å². The molecule has 1 aromatic rings. The van der Waals surface area contributed by atoms with Crippen LogP contribution in [0.2, 0.25) is 0 Å². The molecule has 1 unspecified atom stereocenters. The largest absolute Gasteiger partial charge is 0.369 e. The molecule has 0 aromatic heterocycles. The predicted molar refractivity (Wildman–Crippen MR) is 114 cm³/mol. The SMILES string of the molecule is CC(C(=O)N1CCCCCC1)N1C(=O)C2(CCNCC2)Nc2ccccc21.Cl. The van der Waals surface area contributed by atoms with E-state index in [2.05, 4.69) is 10.6 Å². The lowest BCUT2D eigenvalue weighted by Crippen LogP contribution is -2.64. The van der Waals surface area contributed by atoms with E-state index in [1.54, 1.807) is 4.90 Å². The van der Waals surface area contributed by atoms with Crippen LogP contribution in [0.15, 0.2) is 24.3 Å². The van der Waals surface area contributed by atoms with Gasteiger partial charge in [-0.2, -0.15) is 0 Å². The predicted octanol–water partition coefficient (Wildman–Crippen LogP) is 2.78. The van der Waals surface area contributed by atoms with E-state index in [1.807, 2.05) is 36.1 Å². The van der Waals surface area contributed by atoms with Crippen molar-refractivity contribution in [2.75, 3.05) is 36.4 Å². The average Bonchev–Trinajstić information content (AvgIpc) is 2.98. The second kappa shape index (κ2) is 8.70. The second-order valence-corrected chi connectivity index (χ2v) is 8.06. The quantitative estimate of drug-likeness (QED) is 0.792. The number of hydrogen-bond acceptors (Lipinski definition) is 4. The van der Waals surface area contributed by atoms with E-state index in [4.69, 9.17) is 0 Å². The first-order valence-electron chi connectivity index (χ1n) is 10.3. The maximum Gasteiger partial charge on any atom is 0.253 e. The summed E-state index contributed by atoms with van der Waals surface area (Å²) < 4.78 is 0. The standard InChI is InChI=1S/C21H30N4O2.ClH/c1-16(19(26)24-14-6-2-3-7-15-24)25-18-9-5-4-8-17(18)23-21(20(25)27)10-12-22-13-11-21;/h4-5,8-9,16,22-23H,2-3,6-7,10-15H2,1H3;1H. The molecule has 3 aliphatic rings. The monoisotopic (exact) mass is 406 g/mol. The van der Waals surface area contributed by atoms with Crippen LogP contribution in [-0.2, 0) is 9.59 Å². The fourth-order valence-electron chi connectivity index (χ4n) is 4.68. The van der Waals surface area contributed by atoms with E-state index in [0.717, 1.165) is 63.2 Å². The van der Waals surface area contributed by atoms with Gasteiger partial charge in [-0.15, -0.1) is 12.4 Å². The third kappa shape index (κ3) is 3.72. The Kier molecular flexibility index (Phi) is 6.50. The molecule has 0 radical (unpaired) electrons. The van der Waals surface area contributed by atoms with Crippen molar-refractivity contribution in [3.63, 3.8) is 0 Å². The third-order valence-electron chi connectivity index (χ3n) is 6.29. The number of para-hydroxylation sites is 2. The smallest absolute Gasteiger partial charge is 0.253 e. The van der Waals surface area contributed by atoms with Crippen LogP contribution in [0.4, 0.5) is 11.4 Å². The van der Waals surface area contributed by atoms with Crippen LogP contribution in [0.1, 0.15) is 45.4 Å². The molecule has 28 heavy (non-hydrogen) atoms. The van der Waals surface area contributed by atoms with Crippen molar-refractivity contribution in [3.8, 4) is 0 Å². The molecule has 3 aliphatic heterocycles. The molecule has 0 saturated carbocycles. The van der Waals surface area contributed by atoms with Gasteiger partial charge < -0.3 is 15.5 Å². The van der Waals surface area contributed by atoms with Crippen LogP contribution in [0.5, 0.6) is 0 Å². The van der Waals surface area contributed by atoms with E-state index in [0.29, 0.717) is 0 Å². The Balaban J connectivity index is 0.00000225. The number of hydrogen-bond donors (Lipinski definition) is 2. The summed E-state index contributed by atoms with van der Waals surface area (Å²) in [6.45, 7) is 5.12. The summed E-state index contributed by atoms with van der Waals surface area (Å²) in [4.78, 5) is 30.6. The number of benzene rings is 1. The Morgan fingerprint density at radius 2 is 1.71 bits per heavy atom. The first-order valence-corrected chi connectivity index (χ1v) is 10.3. The van der Waals surface area contributed by atoms with Gasteiger partial charge in [-0.3, -0.25) is 14.5 Å². The van der Waals surface area contributed by atoms with Crippen molar-refractivity contribution in [1.82, 2.24) is 10.2 Å². The van der Waals surface area contributed by atoms with E-state index < -0.39 is 11.6 Å². The maximum absolute atomic E-state index is 13.6. The Morgan fingerprint density at radius 3 is 2.39 bits per heavy atom. The topological polar surface area (TPSA) is 64.7 Å². The van der Waals surface area contributed by atoms with Crippen molar-refractivity contribution in [2.24, 2.45) is 0 Å². The van der Waals surface area contributed by atoms with Gasteiger partial charge in [-0.05, 0) is 57.8 Å². The molecule has 6 nitrogen and oxygen atoms in total. The van der Waals surface area contributed by atoms with Crippen LogP contribution in [0, 0.1) is 0 Å². The number of anilines is 2. The van der Waals surface area contributed by atoms with E-state index in [-0.39, 0.29) is 24.2 Å². The number of carbonyl (C=O) groups excluding carboxylic acids is 2. The molecule has 2 N–H and O–H groups in total. The number of likely N-dealkylation sites (tertiary alicyclic amines) is 1. The van der Waals surface area contributed by atoms with Crippen molar-refractivity contribution >= 4 is 35.6 Å². The normalized spacial score (nSPS) is 22.5. The molecular weight excluding hydrogens is 376 g/mol. The van der Waals surface area contributed by atoms with E-state index in [9.17, 15) is 9.59 Å². The zero-order valence-electron chi connectivity index (χ0n) is 16.6. The highest BCUT2D eigenvalue weighted by atomic mass is 35.5. The van der Waals surface area contributed by atoms with Gasteiger partial charge in [0, 0.05) is 13.1 Å². The number of fused-ring (bicyclic) bond motifs is 1. The van der Waals surface area contributed by atoms with E-state index >= 15 is 0 Å². The molecule has 2 fully saturated rings. The summed E-state index contributed by atoms with van der Waals surface area (Å²) in [5.41, 5.74) is 1.17. The summed E-state index contributed by atoms with van der Waals surface area (Å²) >= 11 is 0. The minimum absolute atomic E-state index is 0. The minimum Gasteiger partial charge on any atom is -0.369 e. The lowest BCUT2D eigenvalue weighted by molar-refractivity contribution is -0.135. The van der Waals surface area contributed by atoms with Gasteiger partial charge in [0.1, 0.15) is 11.6 Å². The van der Waals surface area contributed by atoms with Gasteiger partial charge in [0.25, 0.3) is 5.91 Å². The van der Waals surface area contributed by atoms with Gasteiger partial charge in [-0.1, -0.05) is 25.0 Å². The summed E-state index contributed by atoms with van der Waals surface area (Å²) in [6.07, 6.45) is 5.95. The number of nitrogens with zero attached hydrogens (tertiary/aromatic N) is 2. The summed E-state index contributed by atoms with van der Waals surface area (Å²) in [5, 5.41) is 6.86. The number of piperidine rings is 1. The van der Waals surface area contributed by atoms with Crippen LogP contribution in [0.25, 0.3) is 0 Å². The first-order chi connectivity index (χ1) is 13.1. The lowest BCUT2D eigenvalue weighted by Gasteiger charge is -2.47. The van der Waals surface area contributed by atoms with Crippen LogP contribution in [0.3, 0.4) is 0 Å². The Bertz CT molecular complexity index is 712. The van der Waals surface area contributed by atoms with Crippen molar-refractivity contribution in [1.29, 1.82) is 0 Å². The van der Waals surface area contributed by atoms with Crippen LogP contribution in [-0.4, -0.2) is 54.5 Å². The molecule has 0 aliphatic carbocycles. The van der Waals surface area contributed by atoms with Crippen molar-refractivity contribution in [2.45, 2.75) is 57.0 Å². The number of halogens is 1. The molecule has 7 heteroatoms. The average molecular weight is 407 g/mol. The molecule has 1 atom stereocenters. The lowest BCUT2D eigenvalue weighted by atomic mass is 9.83. The molecular formula is C21H31ClN4O2. The Hall–Kier alpha value is -1.79. The van der Waals surface area contributed by atoms with Gasteiger partial charge in [0.05, 0.1) is 11.4 Å². The molecule has 3 heterocycles. The molecule has 2 amide bonds. The number of carbonyl (C=O) groups is 2. The van der Waals surface area contributed by atoms with Gasteiger partial charge in [-0.25, -0.2) is 0 Å². The molecule has 4 rings (SSSR count). The highest BCUT2D eigenvalue weighted by molar-refractivity contribution is 6.11. The fraction of sp³-hybridized carbons (Fsp3) is 0.619. The van der Waals surface area contributed by atoms with Crippen LogP contribution < -0.4 is 15.5 Å². The van der Waals surface area contributed by atoms with Gasteiger partial charge in [0.15, 0.2) is 0 Å². The number of amides is 2. The Morgan fingerprint density at radius 1 is 1.07 bits per heavy atom. The number of nitrogens with one attached hydrogen (secondary N) is 2. The van der Waals surface area contributed by atoms with E-state index in [1.165, 1.54) is 12.8 Å². The zero-order chi connectivity index (χ0) is 18.9. The third-order valence-corrected chi connectivity index (χ3v) is 6.29. The molecule has 154 valence electrons. The molecule has 1 spiro atoms. The molecule has 2 saturated heterocycles. The summed E-state index contributed by atoms with van der Waals surface area (Å²) in [7, 11) is 0. The highest BCUT2D eigenvalue weighted by Crippen LogP contribution is 2.40. The first kappa shape index (κ1) is 20.9. The fourth-order valence-corrected chi connectivity index (χ4v) is 4.68. The summed E-state index contributed by atoms with van der Waals surface area (Å²) in [5.74, 6) is 0.115. The van der Waals surface area contributed by atoms with Crippen LogP contribution >= 0.6 is 12.4 Å². The Labute approximate surface area is 173 Å². The zero-order valence-corrected chi connectivity index (χ0v) is 17.4. The number of rotatable bonds is 2. The highest BCUT2D eigenvalue weighted by Gasteiger charge is 2.49. The molecule has 0 bridgehead atoms. The second-order valence-electron chi connectivity index (χ2n) is 8.06. The summed E-state index contributed by atoms with van der Waals surface area (Å²) in [6, 6.07) is 7.40. The van der Waals surface area contributed by atoms with Gasteiger partial charge >= 0.3 is 0 Å². The minimum atomic E-state index is -0.604.